The molecule has 1 heterocycles. The van der Waals surface area contributed by atoms with Crippen molar-refractivity contribution >= 4 is 0 Å². The van der Waals surface area contributed by atoms with Crippen LogP contribution in [0.2, 0.25) is 0 Å². The summed E-state index contributed by atoms with van der Waals surface area (Å²) in [5.41, 5.74) is 6.65. The number of ether oxygens (including phenoxy) is 1. The third-order valence-corrected chi connectivity index (χ3v) is 2.10. The lowest BCUT2D eigenvalue weighted by molar-refractivity contribution is 0.401. The summed E-state index contributed by atoms with van der Waals surface area (Å²) in [6.07, 6.45) is 2.44. The lowest BCUT2D eigenvalue weighted by Gasteiger charge is -2.12. The fourth-order valence-electron chi connectivity index (χ4n) is 1.32. The predicted octanol–water partition coefficient (Wildman–Crippen LogP) is 1.50. The molecule has 1 rings (SSSR count). The van der Waals surface area contributed by atoms with E-state index in [2.05, 4.69) is 23.8 Å². The van der Waals surface area contributed by atoms with Gasteiger partial charge in [-0.05, 0) is 6.92 Å². The fourth-order valence-corrected chi connectivity index (χ4v) is 1.32. The number of aromatic nitrogens is 2. The van der Waals surface area contributed by atoms with Gasteiger partial charge < -0.3 is 10.5 Å². The Labute approximate surface area is 90.9 Å². The molecule has 0 spiro atoms. The molecule has 0 saturated heterocycles. The van der Waals surface area contributed by atoms with Crippen molar-refractivity contribution in [1.82, 2.24) is 9.97 Å². The van der Waals surface area contributed by atoms with Crippen molar-refractivity contribution in [2.75, 3.05) is 7.11 Å². The Morgan fingerprint density at radius 3 is 2.53 bits per heavy atom. The van der Waals surface area contributed by atoms with Gasteiger partial charge in [0.2, 0.25) is 0 Å². The van der Waals surface area contributed by atoms with Gasteiger partial charge in [0, 0.05) is 18.4 Å². The minimum Gasteiger partial charge on any atom is -0.493 e. The summed E-state index contributed by atoms with van der Waals surface area (Å²) in [6.45, 7) is 6.09. The zero-order valence-electron chi connectivity index (χ0n) is 9.82. The van der Waals surface area contributed by atoms with Crippen LogP contribution in [0.25, 0.3) is 0 Å². The smallest absolute Gasteiger partial charge is 0.158 e. The number of hydrogen-bond acceptors (Lipinski definition) is 4. The van der Waals surface area contributed by atoms with E-state index in [1.807, 2.05) is 6.92 Å². The van der Waals surface area contributed by atoms with E-state index in [1.54, 1.807) is 13.3 Å². The molecular weight excluding hydrogens is 190 g/mol. The van der Waals surface area contributed by atoms with Crippen molar-refractivity contribution in [2.24, 2.45) is 5.73 Å². The maximum Gasteiger partial charge on any atom is 0.158 e. The van der Waals surface area contributed by atoms with E-state index >= 15 is 0 Å². The van der Waals surface area contributed by atoms with Crippen LogP contribution < -0.4 is 10.5 Å². The Bertz CT molecular complexity index is 324. The minimum absolute atomic E-state index is 0.0776. The number of hydrogen-bond donors (Lipinski definition) is 1. The highest BCUT2D eigenvalue weighted by atomic mass is 16.5. The van der Waals surface area contributed by atoms with Crippen LogP contribution in [0.5, 0.6) is 5.75 Å². The van der Waals surface area contributed by atoms with Crippen LogP contribution >= 0.6 is 0 Å². The van der Waals surface area contributed by atoms with E-state index in [0.717, 1.165) is 17.3 Å². The van der Waals surface area contributed by atoms with E-state index in [4.69, 9.17) is 10.5 Å². The topological polar surface area (TPSA) is 61.0 Å². The maximum atomic E-state index is 5.76. The van der Waals surface area contributed by atoms with E-state index in [-0.39, 0.29) is 6.04 Å². The zero-order chi connectivity index (χ0) is 11.4. The standard InChI is InChI=1S/C11H19N3O/c1-7(2)11-13-6-10(15-4)9(14-11)5-8(3)12/h6-8H,5,12H2,1-4H3. The lowest BCUT2D eigenvalue weighted by Crippen LogP contribution is -2.19. The monoisotopic (exact) mass is 209 g/mol. The first-order chi connectivity index (χ1) is 7.04. The predicted molar refractivity (Wildman–Crippen MR) is 60.0 cm³/mol. The van der Waals surface area contributed by atoms with Gasteiger partial charge in [0.1, 0.15) is 5.82 Å². The number of nitrogens with two attached hydrogens (primary N) is 1. The molecule has 4 nitrogen and oxygen atoms in total. The van der Waals surface area contributed by atoms with Gasteiger partial charge >= 0.3 is 0 Å². The Morgan fingerprint density at radius 2 is 2.07 bits per heavy atom. The summed E-state index contributed by atoms with van der Waals surface area (Å²) in [4.78, 5) is 8.71. The van der Waals surface area contributed by atoms with Crippen molar-refractivity contribution in [2.45, 2.75) is 39.2 Å². The molecular formula is C11H19N3O. The van der Waals surface area contributed by atoms with Gasteiger partial charge in [-0.3, -0.25) is 0 Å². The van der Waals surface area contributed by atoms with Gasteiger partial charge in [-0.25, -0.2) is 9.97 Å². The van der Waals surface area contributed by atoms with Crippen LogP contribution in [-0.4, -0.2) is 23.1 Å². The van der Waals surface area contributed by atoms with E-state index in [1.165, 1.54) is 0 Å². The van der Waals surface area contributed by atoms with Crippen LogP contribution in [0.3, 0.4) is 0 Å². The molecule has 0 fully saturated rings. The summed E-state index contributed by atoms with van der Waals surface area (Å²) >= 11 is 0. The Hall–Kier alpha value is -1.16. The highest BCUT2D eigenvalue weighted by Gasteiger charge is 2.11. The summed E-state index contributed by atoms with van der Waals surface area (Å²) in [7, 11) is 1.62. The number of nitrogens with zero attached hydrogens (tertiary/aromatic N) is 2. The van der Waals surface area contributed by atoms with Gasteiger partial charge in [-0.1, -0.05) is 13.8 Å². The van der Waals surface area contributed by atoms with Crippen molar-refractivity contribution in [3.63, 3.8) is 0 Å². The third-order valence-electron chi connectivity index (χ3n) is 2.10. The van der Waals surface area contributed by atoms with Gasteiger partial charge in [0.25, 0.3) is 0 Å². The second-order valence-corrected chi connectivity index (χ2v) is 4.08. The SMILES string of the molecule is COc1cnc(C(C)C)nc1CC(C)N. The second kappa shape index (κ2) is 5.07. The molecule has 1 unspecified atom stereocenters. The molecule has 2 N–H and O–H groups in total. The Kier molecular flexibility index (Phi) is 4.03. The minimum atomic E-state index is 0.0776. The first-order valence-electron chi connectivity index (χ1n) is 5.20. The molecule has 0 bridgehead atoms. The maximum absolute atomic E-state index is 5.76. The van der Waals surface area contributed by atoms with Gasteiger partial charge in [0.15, 0.2) is 5.75 Å². The lowest BCUT2D eigenvalue weighted by atomic mass is 10.1. The number of rotatable bonds is 4. The molecule has 0 saturated carbocycles. The molecule has 0 aliphatic heterocycles. The molecule has 0 aliphatic rings. The van der Waals surface area contributed by atoms with E-state index in [0.29, 0.717) is 12.3 Å². The molecule has 4 heteroatoms. The molecule has 1 aromatic heterocycles. The number of methoxy groups -OCH3 is 1. The quantitative estimate of drug-likeness (QED) is 0.816. The molecule has 84 valence electrons. The van der Waals surface area contributed by atoms with Gasteiger partial charge in [-0.15, -0.1) is 0 Å². The largest absolute Gasteiger partial charge is 0.493 e. The van der Waals surface area contributed by atoms with Crippen LogP contribution in [0.4, 0.5) is 0 Å². The Balaban J connectivity index is 3.02. The van der Waals surface area contributed by atoms with E-state index in [9.17, 15) is 0 Å². The second-order valence-electron chi connectivity index (χ2n) is 4.08. The van der Waals surface area contributed by atoms with Crippen molar-refractivity contribution in [1.29, 1.82) is 0 Å². The molecule has 0 radical (unpaired) electrons. The molecule has 15 heavy (non-hydrogen) atoms. The zero-order valence-corrected chi connectivity index (χ0v) is 9.82. The average molecular weight is 209 g/mol. The normalized spacial score (nSPS) is 12.9. The first-order valence-corrected chi connectivity index (χ1v) is 5.20. The fraction of sp³-hybridized carbons (Fsp3) is 0.636. The molecule has 0 aromatic carbocycles. The van der Waals surface area contributed by atoms with Gasteiger partial charge in [-0.2, -0.15) is 0 Å². The highest BCUT2D eigenvalue weighted by molar-refractivity contribution is 5.26. The third kappa shape index (κ3) is 3.16. The van der Waals surface area contributed by atoms with Crippen LogP contribution in [0.15, 0.2) is 6.20 Å². The summed E-state index contributed by atoms with van der Waals surface area (Å²) < 4.78 is 5.20. The molecule has 1 aromatic rings. The van der Waals surface area contributed by atoms with Gasteiger partial charge in [0.05, 0.1) is 19.0 Å². The summed E-state index contributed by atoms with van der Waals surface area (Å²) in [6, 6.07) is 0.0776. The average Bonchev–Trinajstić information content (AvgIpc) is 2.16. The van der Waals surface area contributed by atoms with Crippen molar-refractivity contribution in [3.05, 3.63) is 17.7 Å². The van der Waals surface area contributed by atoms with E-state index < -0.39 is 0 Å². The summed E-state index contributed by atoms with van der Waals surface area (Å²) in [5, 5.41) is 0. The first kappa shape index (κ1) is 11.9. The summed E-state index contributed by atoms with van der Waals surface area (Å²) in [5.74, 6) is 1.88. The highest BCUT2D eigenvalue weighted by Crippen LogP contribution is 2.18. The Morgan fingerprint density at radius 1 is 1.40 bits per heavy atom. The van der Waals surface area contributed by atoms with Crippen LogP contribution in [0, 0.1) is 0 Å². The van der Waals surface area contributed by atoms with Crippen molar-refractivity contribution in [3.8, 4) is 5.75 Å². The molecule has 0 aliphatic carbocycles. The molecule has 1 atom stereocenters. The molecule has 0 amide bonds. The van der Waals surface area contributed by atoms with Crippen LogP contribution in [0.1, 0.15) is 38.2 Å². The van der Waals surface area contributed by atoms with Crippen LogP contribution in [-0.2, 0) is 6.42 Å². The van der Waals surface area contributed by atoms with Crippen molar-refractivity contribution < 1.29 is 4.74 Å².